The van der Waals surface area contributed by atoms with Gasteiger partial charge in [0.05, 0.1) is 23.8 Å². The number of nitrogens with zero attached hydrogens (tertiary/aromatic N) is 2. The second-order valence-electron chi connectivity index (χ2n) is 2.61. The summed E-state index contributed by atoms with van der Waals surface area (Å²) in [6, 6.07) is 1.89. The van der Waals surface area contributed by atoms with Crippen LogP contribution in [-0.2, 0) is 6.54 Å². The Kier molecular flexibility index (Phi) is 4.07. The van der Waals surface area contributed by atoms with E-state index in [2.05, 4.69) is 20.3 Å². The van der Waals surface area contributed by atoms with E-state index in [0.29, 0.717) is 0 Å². The van der Waals surface area contributed by atoms with Gasteiger partial charge in [-0.25, -0.2) is 4.98 Å². The molecule has 0 atom stereocenters. The van der Waals surface area contributed by atoms with E-state index in [1.807, 2.05) is 27.0 Å². The molecule has 2 aromatic heterocycles. The van der Waals surface area contributed by atoms with E-state index in [0.717, 1.165) is 23.4 Å². The van der Waals surface area contributed by atoms with Crippen molar-refractivity contribution in [1.82, 2.24) is 20.3 Å². The summed E-state index contributed by atoms with van der Waals surface area (Å²) in [6.45, 7) is 4.76. The standard InChI is InChI=1S/C8H10N4.C2H6/c1-9-5-8-11-6-2-3-10-4-7(6)12-8;1-2/h2-4,9H,5H2,1H3,(H,11,12);1-2H3. The smallest absolute Gasteiger partial charge is 0.121 e. The van der Waals surface area contributed by atoms with Gasteiger partial charge in [-0.2, -0.15) is 0 Å². The maximum Gasteiger partial charge on any atom is 0.121 e. The van der Waals surface area contributed by atoms with E-state index in [1.54, 1.807) is 12.4 Å². The largest absolute Gasteiger partial charge is 0.340 e. The van der Waals surface area contributed by atoms with Crippen LogP contribution in [0.2, 0.25) is 0 Å². The number of aromatic amines is 1. The predicted molar refractivity (Wildman–Crippen MR) is 58.0 cm³/mol. The third-order valence-corrected chi connectivity index (χ3v) is 1.68. The highest BCUT2D eigenvalue weighted by Gasteiger charge is 1.99. The van der Waals surface area contributed by atoms with Crippen LogP contribution in [0.1, 0.15) is 19.7 Å². The summed E-state index contributed by atoms with van der Waals surface area (Å²) in [7, 11) is 1.89. The molecule has 0 saturated carbocycles. The van der Waals surface area contributed by atoms with Gasteiger partial charge in [-0.15, -0.1) is 0 Å². The summed E-state index contributed by atoms with van der Waals surface area (Å²) in [6.07, 6.45) is 3.52. The Balaban J connectivity index is 0.000000461. The lowest BCUT2D eigenvalue weighted by Crippen LogP contribution is -2.06. The number of imidazole rings is 1. The van der Waals surface area contributed by atoms with Crippen molar-refractivity contribution in [1.29, 1.82) is 0 Å². The van der Waals surface area contributed by atoms with Gasteiger partial charge in [-0.1, -0.05) is 13.8 Å². The molecule has 0 fully saturated rings. The predicted octanol–water partition coefficient (Wildman–Crippen LogP) is 1.70. The molecular weight excluding hydrogens is 176 g/mol. The Morgan fingerprint density at radius 3 is 2.86 bits per heavy atom. The SMILES string of the molecule is CC.CNCc1nc2ccncc2[nH]1. The summed E-state index contributed by atoms with van der Waals surface area (Å²) in [5.74, 6) is 0.945. The highest BCUT2D eigenvalue weighted by atomic mass is 15.0. The van der Waals surface area contributed by atoms with E-state index >= 15 is 0 Å². The first-order valence-electron chi connectivity index (χ1n) is 4.83. The van der Waals surface area contributed by atoms with Crippen LogP contribution in [-0.4, -0.2) is 22.0 Å². The monoisotopic (exact) mass is 192 g/mol. The van der Waals surface area contributed by atoms with Crippen LogP contribution in [0.4, 0.5) is 0 Å². The van der Waals surface area contributed by atoms with Gasteiger partial charge < -0.3 is 10.3 Å². The van der Waals surface area contributed by atoms with Crippen molar-refractivity contribution in [2.45, 2.75) is 20.4 Å². The van der Waals surface area contributed by atoms with Crippen LogP contribution in [0.3, 0.4) is 0 Å². The molecule has 0 aliphatic heterocycles. The Morgan fingerprint density at radius 1 is 1.43 bits per heavy atom. The molecule has 0 spiro atoms. The molecule has 0 saturated heterocycles. The van der Waals surface area contributed by atoms with Crippen LogP contribution in [0.5, 0.6) is 0 Å². The summed E-state index contributed by atoms with van der Waals surface area (Å²) in [4.78, 5) is 11.5. The molecule has 2 heterocycles. The summed E-state index contributed by atoms with van der Waals surface area (Å²) in [5.41, 5.74) is 1.96. The lowest BCUT2D eigenvalue weighted by Gasteiger charge is -1.89. The molecular formula is C10H16N4. The number of rotatable bonds is 2. The van der Waals surface area contributed by atoms with E-state index < -0.39 is 0 Å². The molecule has 0 aliphatic carbocycles. The van der Waals surface area contributed by atoms with Gasteiger partial charge in [0.1, 0.15) is 5.82 Å². The molecule has 0 radical (unpaired) electrons. The second kappa shape index (κ2) is 5.34. The number of fused-ring (bicyclic) bond motifs is 1. The van der Waals surface area contributed by atoms with E-state index in [9.17, 15) is 0 Å². The maximum atomic E-state index is 4.34. The molecule has 2 rings (SSSR count). The van der Waals surface area contributed by atoms with Crippen molar-refractivity contribution in [3.05, 3.63) is 24.3 Å². The number of nitrogens with one attached hydrogen (secondary N) is 2. The molecule has 2 N–H and O–H groups in total. The highest BCUT2D eigenvalue weighted by Crippen LogP contribution is 2.07. The molecule has 0 bridgehead atoms. The molecule has 2 aromatic rings. The minimum absolute atomic E-state index is 0.759. The minimum atomic E-state index is 0.759. The van der Waals surface area contributed by atoms with Crippen molar-refractivity contribution in [3.8, 4) is 0 Å². The number of H-pyrrole nitrogens is 1. The molecule has 14 heavy (non-hydrogen) atoms. The number of pyridine rings is 1. The number of aromatic nitrogens is 3. The van der Waals surface area contributed by atoms with Gasteiger partial charge in [-0.05, 0) is 13.1 Å². The van der Waals surface area contributed by atoms with Gasteiger partial charge in [0.25, 0.3) is 0 Å². The molecule has 4 heteroatoms. The van der Waals surface area contributed by atoms with Crippen LogP contribution < -0.4 is 5.32 Å². The molecule has 76 valence electrons. The lowest BCUT2D eigenvalue weighted by atomic mass is 10.4. The Labute approximate surface area is 83.8 Å². The fourth-order valence-corrected chi connectivity index (χ4v) is 1.16. The van der Waals surface area contributed by atoms with E-state index in [1.165, 1.54) is 0 Å². The van der Waals surface area contributed by atoms with Crippen LogP contribution in [0.25, 0.3) is 11.0 Å². The average Bonchev–Trinajstić information content (AvgIpc) is 2.63. The second-order valence-corrected chi connectivity index (χ2v) is 2.61. The zero-order chi connectivity index (χ0) is 10.4. The minimum Gasteiger partial charge on any atom is -0.340 e. The van der Waals surface area contributed by atoms with E-state index in [-0.39, 0.29) is 0 Å². The van der Waals surface area contributed by atoms with Crippen LogP contribution >= 0.6 is 0 Å². The summed E-state index contributed by atoms with van der Waals surface area (Å²) < 4.78 is 0. The summed E-state index contributed by atoms with van der Waals surface area (Å²) in [5, 5.41) is 3.03. The Hall–Kier alpha value is -1.42. The topological polar surface area (TPSA) is 53.6 Å². The highest BCUT2D eigenvalue weighted by molar-refractivity contribution is 5.73. The number of hydrogen-bond donors (Lipinski definition) is 2. The van der Waals surface area contributed by atoms with Gasteiger partial charge >= 0.3 is 0 Å². The molecule has 0 aliphatic rings. The van der Waals surface area contributed by atoms with Crippen molar-refractivity contribution < 1.29 is 0 Å². The third kappa shape index (κ3) is 2.29. The van der Waals surface area contributed by atoms with Crippen LogP contribution in [0, 0.1) is 0 Å². The fraction of sp³-hybridized carbons (Fsp3) is 0.400. The first kappa shape index (κ1) is 10.7. The molecule has 0 aromatic carbocycles. The maximum absolute atomic E-state index is 4.34. The zero-order valence-corrected chi connectivity index (χ0v) is 8.83. The van der Waals surface area contributed by atoms with Crippen molar-refractivity contribution >= 4 is 11.0 Å². The summed E-state index contributed by atoms with van der Waals surface area (Å²) >= 11 is 0. The lowest BCUT2D eigenvalue weighted by molar-refractivity contribution is 0.775. The van der Waals surface area contributed by atoms with Crippen molar-refractivity contribution in [3.63, 3.8) is 0 Å². The third-order valence-electron chi connectivity index (χ3n) is 1.68. The first-order chi connectivity index (χ1) is 6.90. The van der Waals surface area contributed by atoms with Gasteiger partial charge in [0.15, 0.2) is 0 Å². The van der Waals surface area contributed by atoms with E-state index in [4.69, 9.17) is 0 Å². The van der Waals surface area contributed by atoms with Crippen LogP contribution in [0.15, 0.2) is 18.5 Å². The van der Waals surface area contributed by atoms with Gasteiger partial charge in [-0.3, -0.25) is 4.98 Å². The van der Waals surface area contributed by atoms with Crippen molar-refractivity contribution in [2.75, 3.05) is 7.05 Å². The van der Waals surface area contributed by atoms with Gasteiger partial charge in [0.2, 0.25) is 0 Å². The van der Waals surface area contributed by atoms with Crippen molar-refractivity contribution in [2.24, 2.45) is 0 Å². The Bertz CT molecular complexity index is 347. The molecule has 4 nitrogen and oxygen atoms in total. The first-order valence-corrected chi connectivity index (χ1v) is 4.83. The normalized spacial score (nSPS) is 9.64. The quantitative estimate of drug-likeness (QED) is 0.761. The Morgan fingerprint density at radius 2 is 2.21 bits per heavy atom. The molecule has 0 unspecified atom stereocenters. The fourth-order valence-electron chi connectivity index (χ4n) is 1.16. The molecule has 0 amide bonds. The van der Waals surface area contributed by atoms with Gasteiger partial charge in [0, 0.05) is 6.20 Å². The average molecular weight is 192 g/mol. The zero-order valence-electron chi connectivity index (χ0n) is 8.83. The number of hydrogen-bond acceptors (Lipinski definition) is 3.